The lowest BCUT2D eigenvalue weighted by Crippen LogP contribution is -2.55. The summed E-state index contributed by atoms with van der Waals surface area (Å²) in [6.07, 6.45) is 3.18. The number of ether oxygens (including phenoxy) is 1. The number of Topliss-reactive ketones (excluding diaryl/α,β-unsaturated/α-hetero) is 1. The van der Waals surface area contributed by atoms with E-state index in [0.717, 1.165) is 13.0 Å². The smallest absolute Gasteiger partial charge is 0.178 e. The van der Waals surface area contributed by atoms with Crippen LogP contribution >= 0.6 is 0 Å². The van der Waals surface area contributed by atoms with Crippen molar-refractivity contribution in [2.45, 2.75) is 30.8 Å². The molecule has 0 radical (unpaired) electrons. The van der Waals surface area contributed by atoms with Crippen molar-refractivity contribution >= 4 is 5.78 Å². The standard InChI is InChI=1S/C24H27N3O3/c1-30-21-8-3-2-6-18(21)22(20-7-4-5-11-27-20)23(28)24(29)13-16(9-10-25)12-17-14-26-15-19(17)24/h2-8,11,16-17,19,22,26,29H,9,12-15H2,1H3/t16-,17+,19-,22?,24+/m1/s1. The van der Waals surface area contributed by atoms with E-state index >= 15 is 0 Å². The van der Waals surface area contributed by atoms with Crippen molar-refractivity contribution in [1.29, 1.82) is 5.26 Å². The SMILES string of the molecule is COc1ccccc1C(C(=O)[C@]1(O)C[C@H](CC#N)C[C@H]2CNC[C@H]21)c1ccccn1. The highest BCUT2D eigenvalue weighted by Gasteiger charge is 2.55. The minimum absolute atomic E-state index is 0.00662. The minimum atomic E-state index is -1.52. The Hall–Kier alpha value is -2.75. The highest BCUT2D eigenvalue weighted by atomic mass is 16.5. The van der Waals surface area contributed by atoms with Crippen LogP contribution in [-0.2, 0) is 4.79 Å². The molecule has 2 heterocycles. The van der Waals surface area contributed by atoms with Crippen LogP contribution in [0.25, 0.3) is 0 Å². The first-order chi connectivity index (χ1) is 14.6. The molecule has 4 rings (SSSR count). The van der Waals surface area contributed by atoms with E-state index < -0.39 is 11.5 Å². The number of benzene rings is 1. The molecule has 5 atom stereocenters. The van der Waals surface area contributed by atoms with Gasteiger partial charge in [-0.3, -0.25) is 9.78 Å². The van der Waals surface area contributed by atoms with Crippen LogP contribution in [0.15, 0.2) is 48.7 Å². The Morgan fingerprint density at radius 1 is 1.33 bits per heavy atom. The Balaban J connectivity index is 1.80. The number of methoxy groups -OCH3 is 1. The number of aromatic nitrogens is 1. The number of carbonyl (C=O) groups excluding carboxylic acids is 1. The second kappa shape index (κ2) is 8.55. The van der Waals surface area contributed by atoms with Crippen LogP contribution in [0, 0.1) is 29.1 Å². The molecular weight excluding hydrogens is 378 g/mol. The fourth-order valence-electron chi connectivity index (χ4n) is 5.35. The summed E-state index contributed by atoms with van der Waals surface area (Å²) in [5, 5.41) is 24.5. The summed E-state index contributed by atoms with van der Waals surface area (Å²) in [5.41, 5.74) is -0.232. The summed E-state index contributed by atoms with van der Waals surface area (Å²) in [6.45, 7) is 1.37. The van der Waals surface area contributed by atoms with Crippen LogP contribution in [0.2, 0.25) is 0 Å². The van der Waals surface area contributed by atoms with Gasteiger partial charge in [0.2, 0.25) is 0 Å². The number of para-hydroxylation sites is 1. The number of fused-ring (bicyclic) bond motifs is 1. The number of pyridine rings is 1. The average Bonchev–Trinajstić information content (AvgIpc) is 3.25. The largest absolute Gasteiger partial charge is 0.496 e. The lowest BCUT2D eigenvalue weighted by Gasteiger charge is -2.44. The van der Waals surface area contributed by atoms with Crippen molar-refractivity contribution in [2.75, 3.05) is 20.2 Å². The Bertz CT molecular complexity index is 942. The fraction of sp³-hybridized carbons (Fsp3) is 0.458. The molecule has 6 heteroatoms. The maximum absolute atomic E-state index is 14.1. The second-order valence-electron chi connectivity index (χ2n) is 8.41. The fourth-order valence-corrected chi connectivity index (χ4v) is 5.35. The number of rotatable bonds is 6. The molecular formula is C24H27N3O3. The van der Waals surface area contributed by atoms with Gasteiger partial charge in [0.1, 0.15) is 11.4 Å². The molecule has 2 fully saturated rings. The number of hydrogen-bond donors (Lipinski definition) is 2. The normalized spacial score (nSPS) is 28.9. The molecule has 30 heavy (non-hydrogen) atoms. The molecule has 1 aliphatic carbocycles. The maximum atomic E-state index is 14.1. The van der Waals surface area contributed by atoms with Gasteiger partial charge >= 0.3 is 0 Å². The van der Waals surface area contributed by atoms with E-state index in [4.69, 9.17) is 4.74 Å². The number of carbonyl (C=O) groups is 1. The predicted molar refractivity (Wildman–Crippen MR) is 112 cm³/mol. The van der Waals surface area contributed by atoms with Crippen molar-refractivity contribution in [3.63, 3.8) is 0 Å². The number of nitrogens with one attached hydrogen (secondary N) is 1. The summed E-state index contributed by atoms with van der Waals surface area (Å²) >= 11 is 0. The topological polar surface area (TPSA) is 95.2 Å². The molecule has 2 aromatic rings. The Morgan fingerprint density at radius 2 is 2.13 bits per heavy atom. The molecule has 6 nitrogen and oxygen atoms in total. The molecule has 1 saturated carbocycles. The van der Waals surface area contributed by atoms with Gasteiger partial charge in [0, 0.05) is 30.6 Å². The second-order valence-corrected chi connectivity index (χ2v) is 8.41. The first-order valence-corrected chi connectivity index (χ1v) is 10.5. The van der Waals surface area contributed by atoms with E-state index in [0.29, 0.717) is 36.4 Å². The van der Waals surface area contributed by atoms with Crippen molar-refractivity contribution in [2.24, 2.45) is 17.8 Å². The summed E-state index contributed by atoms with van der Waals surface area (Å²) in [5.74, 6) is -0.377. The van der Waals surface area contributed by atoms with Gasteiger partial charge in [0.25, 0.3) is 0 Å². The molecule has 0 bridgehead atoms. The molecule has 1 aromatic heterocycles. The van der Waals surface area contributed by atoms with Gasteiger partial charge < -0.3 is 15.2 Å². The third kappa shape index (κ3) is 3.60. The molecule has 2 N–H and O–H groups in total. The van der Waals surface area contributed by atoms with E-state index in [1.54, 1.807) is 13.3 Å². The molecule has 2 aliphatic rings. The van der Waals surface area contributed by atoms with Crippen LogP contribution in [0.5, 0.6) is 5.75 Å². The van der Waals surface area contributed by atoms with E-state index in [1.807, 2.05) is 42.5 Å². The van der Waals surface area contributed by atoms with Gasteiger partial charge in [0.05, 0.1) is 24.8 Å². The first-order valence-electron chi connectivity index (χ1n) is 10.5. The van der Waals surface area contributed by atoms with Crippen LogP contribution in [0.3, 0.4) is 0 Å². The van der Waals surface area contributed by atoms with Gasteiger partial charge in [-0.25, -0.2) is 0 Å². The zero-order valence-electron chi connectivity index (χ0n) is 17.1. The molecule has 0 amide bonds. The molecule has 1 unspecified atom stereocenters. The number of aliphatic hydroxyl groups is 1. The number of nitrogens with zero attached hydrogens (tertiary/aromatic N) is 2. The highest BCUT2D eigenvalue weighted by Crippen LogP contribution is 2.47. The monoisotopic (exact) mass is 405 g/mol. The summed E-state index contributed by atoms with van der Waals surface area (Å²) in [4.78, 5) is 18.6. The zero-order chi connectivity index (χ0) is 21.1. The van der Waals surface area contributed by atoms with E-state index in [-0.39, 0.29) is 23.5 Å². The van der Waals surface area contributed by atoms with E-state index in [9.17, 15) is 15.2 Å². The number of nitriles is 1. The van der Waals surface area contributed by atoms with Crippen molar-refractivity contribution in [3.05, 3.63) is 59.9 Å². The predicted octanol–water partition coefficient (Wildman–Crippen LogP) is 2.68. The van der Waals surface area contributed by atoms with Gasteiger partial charge in [-0.2, -0.15) is 5.26 Å². The van der Waals surface area contributed by atoms with Crippen LogP contribution in [0.1, 0.15) is 36.4 Å². The average molecular weight is 405 g/mol. The molecule has 1 aliphatic heterocycles. The van der Waals surface area contributed by atoms with Gasteiger partial charge in [-0.1, -0.05) is 24.3 Å². The van der Waals surface area contributed by atoms with Crippen LogP contribution < -0.4 is 10.1 Å². The lowest BCUT2D eigenvalue weighted by atomic mass is 9.62. The van der Waals surface area contributed by atoms with Gasteiger partial charge in [-0.05, 0) is 49.4 Å². The highest BCUT2D eigenvalue weighted by molar-refractivity contribution is 5.96. The van der Waals surface area contributed by atoms with Crippen LogP contribution in [0.4, 0.5) is 0 Å². The van der Waals surface area contributed by atoms with Crippen molar-refractivity contribution in [1.82, 2.24) is 10.3 Å². The third-order valence-electron chi connectivity index (χ3n) is 6.69. The molecule has 156 valence electrons. The third-order valence-corrected chi connectivity index (χ3v) is 6.69. The first kappa shape index (κ1) is 20.5. The van der Waals surface area contributed by atoms with Gasteiger partial charge in [-0.15, -0.1) is 0 Å². The molecule has 1 saturated heterocycles. The lowest BCUT2D eigenvalue weighted by molar-refractivity contribution is -0.153. The Morgan fingerprint density at radius 3 is 2.87 bits per heavy atom. The number of hydrogen-bond acceptors (Lipinski definition) is 6. The molecule has 0 spiro atoms. The zero-order valence-corrected chi connectivity index (χ0v) is 17.1. The van der Waals surface area contributed by atoms with Gasteiger partial charge in [0.15, 0.2) is 5.78 Å². The molecule has 1 aromatic carbocycles. The van der Waals surface area contributed by atoms with Crippen LogP contribution in [-0.4, -0.2) is 41.7 Å². The Labute approximate surface area is 176 Å². The quantitative estimate of drug-likeness (QED) is 0.767. The summed E-state index contributed by atoms with van der Waals surface area (Å²) in [6, 6.07) is 15.1. The van der Waals surface area contributed by atoms with E-state index in [1.165, 1.54) is 0 Å². The number of ketones is 1. The Kier molecular flexibility index (Phi) is 5.85. The summed E-state index contributed by atoms with van der Waals surface area (Å²) < 4.78 is 5.55. The summed E-state index contributed by atoms with van der Waals surface area (Å²) in [7, 11) is 1.58. The maximum Gasteiger partial charge on any atom is 0.178 e. The van der Waals surface area contributed by atoms with E-state index in [2.05, 4.69) is 16.4 Å². The minimum Gasteiger partial charge on any atom is -0.496 e. The van der Waals surface area contributed by atoms with Crippen molar-refractivity contribution in [3.8, 4) is 11.8 Å². The van der Waals surface area contributed by atoms with Crippen molar-refractivity contribution < 1.29 is 14.6 Å².